The van der Waals surface area contributed by atoms with E-state index in [-0.39, 0.29) is 0 Å². The summed E-state index contributed by atoms with van der Waals surface area (Å²) in [4.78, 5) is 0. The lowest BCUT2D eigenvalue weighted by Crippen LogP contribution is -1.95. The summed E-state index contributed by atoms with van der Waals surface area (Å²) >= 11 is 0. The van der Waals surface area contributed by atoms with E-state index in [4.69, 9.17) is 0 Å². The summed E-state index contributed by atoms with van der Waals surface area (Å²) < 4.78 is 0. The Labute approximate surface area is 117 Å². The predicted molar refractivity (Wildman–Crippen MR) is 85.3 cm³/mol. The first kappa shape index (κ1) is 11.4. The molecular formula is C19H14O. The minimum atomic E-state index is -0.625. The van der Waals surface area contributed by atoms with E-state index in [9.17, 15) is 5.11 Å². The first-order valence-corrected chi connectivity index (χ1v) is 6.76. The van der Waals surface area contributed by atoms with Crippen molar-refractivity contribution in [3.8, 4) is 0 Å². The Kier molecular flexibility index (Phi) is 2.32. The molecule has 1 N–H and O–H groups in total. The predicted octanol–water partition coefficient (Wildman–Crippen LogP) is 4.80. The second-order valence-electron chi connectivity index (χ2n) is 5.19. The number of aliphatic hydroxyl groups is 1. The maximum atomic E-state index is 10.1. The Morgan fingerprint density at radius 1 is 0.800 bits per heavy atom. The van der Waals surface area contributed by atoms with Crippen LogP contribution < -0.4 is 0 Å². The van der Waals surface area contributed by atoms with Gasteiger partial charge in [0.1, 0.15) is 0 Å². The fourth-order valence-corrected chi connectivity index (χ4v) is 3.14. The SMILES string of the molecule is C=C[C@@H](O)c1ccc2ccc3cccc4ccc1c2c34. The second kappa shape index (κ2) is 4.06. The third kappa shape index (κ3) is 1.41. The van der Waals surface area contributed by atoms with Crippen molar-refractivity contribution in [1.82, 2.24) is 0 Å². The maximum Gasteiger partial charge on any atom is 0.0975 e. The lowest BCUT2D eigenvalue weighted by molar-refractivity contribution is 0.230. The molecule has 0 heterocycles. The normalized spacial score (nSPS) is 13.2. The van der Waals surface area contributed by atoms with E-state index in [1.54, 1.807) is 6.08 Å². The van der Waals surface area contributed by atoms with Gasteiger partial charge in [-0.05, 0) is 37.9 Å². The number of aliphatic hydroxyl groups excluding tert-OH is 1. The van der Waals surface area contributed by atoms with Crippen LogP contribution in [-0.2, 0) is 0 Å². The van der Waals surface area contributed by atoms with Crippen LogP contribution in [0.1, 0.15) is 11.7 Å². The van der Waals surface area contributed by atoms with Crippen molar-refractivity contribution in [3.63, 3.8) is 0 Å². The molecule has 0 saturated carbocycles. The molecule has 4 rings (SSSR count). The fraction of sp³-hybridized carbons (Fsp3) is 0.0526. The van der Waals surface area contributed by atoms with E-state index in [0.717, 1.165) is 10.9 Å². The van der Waals surface area contributed by atoms with Crippen LogP contribution in [0.5, 0.6) is 0 Å². The van der Waals surface area contributed by atoms with Crippen molar-refractivity contribution in [1.29, 1.82) is 0 Å². The van der Waals surface area contributed by atoms with E-state index in [0.29, 0.717) is 0 Å². The molecule has 1 atom stereocenters. The van der Waals surface area contributed by atoms with Crippen LogP contribution in [0.3, 0.4) is 0 Å². The summed E-state index contributed by atoms with van der Waals surface area (Å²) in [6, 6.07) is 19.0. The summed E-state index contributed by atoms with van der Waals surface area (Å²) in [5, 5.41) is 17.5. The molecule has 0 aliphatic carbocycles. The molecule has 0 aromatic heterocycles. The molecule has 0 fully saturated rings. The first-order chi connectivity index (χ1) is 9.79. The van der Waals surface area contributed by atoms with Gasteiger partial charge in [0.05, 0.1) is 6.10 Å². The number of hydrogen-bond acceptors (Lipinski definition) is 1. The van der Waals surface area contributed by atoms with Crippen LogP contribution >= 0.6 is 0 Å². The summed E-state index contributed by atoms with van der Waals surface area (Å²) in [6.45, 7) is 3.70. The van der Waals surface area contributed by atoms with Gasteiger partial charge in [-0.25, -0.2) is 0 Å². The average molecular weight is 258 g/mol. The van der Waals surface area contributed by atoms with Gasteiger partial charge in [-0.3, -0.25) is 0 Å². The third-order valence-corrected chi connectivity index (χ3v) is 4.10. The summed E-state index contributed by atoms with van der Waals surface area (Å²) in [7, 11) is 0. The molecule has 0 aliphatic rings. The average Bonchev–Trinajstić information content (AvgIpc) is 2.51. The zero-order valence-corrected chi connectivity index (χ0v) is 11.0. The summed E-state index contributed by atoms with van der Waals surface area (Å²) in [5.74, 6) is 0. The van der Waals surface area contributed by atoms with E-state index in [1.165, 1.54) is 26.9 Å². The Morgan fingerprint density at radius 2 is 1.40 bits per heavy atom. The first-order valence-electron chi connectivity index (χ1n) is 6.76. The Morgan fingerprint density at radius 3 is 2.10 bits per heavy atom. The molecular weight excluding hydrogens is 244 g/mol. The van der Waals surface area contributed by atoms with Gasteiger partial charge in [0, 0.05) is 0 Å². The maximum absolute atomic E-state index is 10.1. The zero-order chi connectivity index (χ0) is 13.7. The number of rotatable bonds is 2. The van der Waals surface area contributed by atoms with E-state index in [1.807, 2.05) is 6.07 Å². The van der Waals surface area contributed by atoms with Crippen molar-refractivity contribution in [2.24, 2.45) is 0 Å². The van der Waals surface area contributed by atoms with Crippen molar-refractivity contribution in [2.45, 2.75) is 6.10 Å². The van der Waals surface area contributed by atoms with Gasteiger partial charge in [-0.2, -0.15) is 0 Å². The highest BCUT2D eigenvalue weighted by Gasteiger charge is 2.13. The quantitative estimate of drug-likeness (QED) is 0.404. The summed E-state index contributed by atoms with van der Waals surface area (Å²) in [6.07, 6.45) is 0.950. The highest BCUT2D eigenvalue weighted by molar-refractivity contribution is 6.23. The van der Waals surface area contributed by atoms with Crippen LogP contribution in [0.4, 0.5) is 0 Å². The minimum absolute atomic E-state index is 0.625. The molecule has 4 aromatic carbocycles. The Bertz CT molecular complexity index is 921. The highest BCUT2D eigenvalue weighted by Crippen LogP contribution is 2.37. The largest absolute Gasteiger partial charge is 0.384 e. The lowest BCUT2D eigenvalue weighted by Gasteiger charge is -2.15. The van der Waals surface area contributed by atoms with E-state index in [2.05, 4.69) is 55.1 Å². The van der Waals surface area contributed by atoms with Crippen LogP contribution in [0, 0.1) is 0 Å². The monoisotopic (exact) mass is 258 g/mol. The number of benzene rings is 4. The second-order valence-corrected chi connectivity index (χ2v) is 5.19. The molecule has 0 bridgehead atoms. The molecule has 0 saturated heterocycles. The van der Waals surface area contributed by atoms with Gasteiger partial charge in [0.25, 0.3) is 0 Å². The molecule has 0 spiro atoms. The molecule has 96 valence electrons. The standard InChI is InChI=1S/C19H14O/c1-2-17(20)15-10-8-14-7-6-12-4-3-5-13-9-11-16(15)19(14)18(12)13/h2-11,17,20H,1H2/t17-/m1/s1. The van der Waals surface area contributed by atoms with E-state index >= 15 is 0 Å². The van der Waals surface area contributed by atoms with Gasteiger partial charge in [0.2, 0.25) is 0 Å². The highest BCUT2D eigenvalue weighted by atomic mass is 16.3. The van der Waals surface area contributed by atoms with E-state index < -0.39 is 6.10 Å². The molecule has 4 aromatic rings. The van der Waals surface area contributed by atoms with Crippen LogP contribution in [0.25, 0.3) is 32.3 Å². The van der Waals surface area contributed by atoms with Crippen LogP contribution in [0.2, 0.25) is 0 Å². The van der Waals surface area contributed by atoms with Crippen molar-refractivity contribution in [2.75, 3.05) is 0 Å². The molecule has 0 aliphatic heterocycles. The smallest absolute Gasteiger partial charge is 0.0975 e. The summed E-state index contributed by atoms with van der Waals surface area (Å²) in [5.41, 5.74) is 0.922. The molecule has 0 radical (unpaired) electrons. The third-order valence-electron chi connectivity index (χ3n) is 4.10. The molecule has 20 heavy (non-hydrogen) atoms. The van der Waals surface area contributed by atoms with Gasteiger partial charge in [-0.1, -0.05) is 60.7 Å². The number of hydrogen-bond donors (Lipinski definition) is 1. The fourth-order valence-electron chi connectivity index (χ4n) is 3.14. The van der Waals surface area contributed by atoms with Gasteiger partial charge in [-0.15, -0.1) is 6.58 Å². The van der Waals surface area contributed by atoms with Gasteiger partial charge in [0.15, 0.2) is 0 Å². The molecule has 0 amide bonds. The lowest BCUT2D eigenvalue weighted by atomic mass is 9.90. The minimum Gasteiger partial charge on any atom is -0.384 e. The van der Waals surface area contributed by atoms with Crippen molar-refractivity contribution < 1.29 is 5.11 Å². The Balaban J connectivity index is 2.29. The molecule has 1 heteroatoms. The Hall–Kier alpha value is -2.38. The molecule has 0 unspecified atom stereocenters. The van der Waals surface area contributed by atoms with Gasteiger partial charge < -0.3 is 5.11 Å². The topological polar surface area (TPSA) is 20.2 Å². The van der Waals surface area contributed by atoms with Crippen molar-refractivity contribution in [3.05, 3.63) is 72.8 Å². The molecule has 1 nitrogen and oxygen atoms in total. The van der Waals surface area contributed by atoms with Crippen LogP contribution in [-0.4, -0.2) is 5.11 Å². The van der Waals surface area contributed by atoms with Crippen molar-refractivity contribution >= 4 is 32.3 Å². The van der Waals surface area contributed by atoms with Gasteiger partial charge >= 0.3 is 0 Å². The van der Waals surface area contributed by atoms with Crippen LogP contribution in [0.15, 0.2) is 67.3 Å². The zero-order valence-electron chi connectivity index (χ0n) is 11.0.